The highest BCUT2D eigenvalue weighted by atomic mass is 16.5. The van der Waals surface area contributed by atoms with Crippen molar-refractivity contribution < 1.29 is 13.9 Å². The summed E-state index contributed by atoms with van der Waals surface area (Å²) in [5.74, 6) is 0.409. The molecule has 2 aromatic carbocycles. The van der Waals surface area contributed by atoms with Crippen LogP contribution in [0.3, 0.4) is 0 Å². The molecule has 18 heavy (non-hydrogen) atoms. The lowest BCUT2D eigenvalue weighted by Crippen LogP contribution is -2.01. The molecule has 3 nitrogen and oxygen atoms in total. The van der Waals surface area contributed by atoms with Crippen molar-refractivity contribution in [3.63, 3.8) is 0 Å². The van der Waals surface area contributed by atoms with Crippen molar-refractivity contribution in [2.24, 2.45) is 0 Å². The second-order valence-corrected chi connectivity index (χ2v) is 4.24. The third kappa shape index (κ3) is 1.48. The average molecular weight is 240 g/mol. The highest BCUT2D eigenvalue weighted by Crippen LogP contribution is 2.31. The molecular formula is C15H12O3. The molecule has 0 aliphatic carbocycles. The largest absolute Gasteiger partial charge is 0.465 e. The normalized spacial score (nSPS) is 11.0. The summed E-state index contributed by atoms with van der Waals surface area (Å²) in [6.07, 6.45) is 0. The first-order valence-corrected chi connectivity index (χ1v) is 5.71. The number of methoxy groups -OCH3 is 1. The predicted molar refractivity (Wildman–Crippen MR) is 69.8 cm³/mol. The molecule has 0 saturated heterocycles. The van der Waals surface area contributed by atoms with E-state index in [1.54, 1.807) is 0 Å². The Bertz CT molecular complexity index is 753. The number of benzene rings is 2. The monoisotopic (exact) mass is 240 g/mol. The van der Waals surface area contributed by atoms with Gasteiger partial charge in [0.2, 0.25) is 0 Å². The zero-order chi connectivity index (χ0) is 12.7. The van der Waals surface area contributed by atoms with Crippen LogP contribution in [-0.4, -0.2) is 13.1 Å². The molecular weight excluding hydrogens is 228 g/mol. The fourth-order valence-corrected chi connectivity index (χ4v) is 2.27. The second kappa shape index (κ2) is 3.88. The van der Waals surface area contributed by atoms with E-state index in [-0.39, 0.29) is 5.97 Å². The molecule has 0 N–H and O–H groups in total. The van der Waals surface area contributed by atoms with Crippen molar-refractivity contribution in [1.82, 2.24) is 0 Å². The number of carbonyl (C=O) groups is 1. The predicted octanol–water partition coefficient (Wildman–Crippen LogP) is 3.68. The second-order valence-electron chi connectivity index (χ2n) is 4.24. The number of carbonyl (C=O) groups excluding carboxylic acids is 1. The van der Waals surface area contributed by atoms with Crippen LogP contribution in [0.4, 0.5) is 0 Å². The highest BCUT2D eigenvalue weighted by molar-refractivity contribution is 6.14. The zero-order valence-electron chi connectivity index (χ0n) is 10.2. The summed E-state index contributed by atoms with van der Waals surface area (Å²) in [6.45, 7) is 1.87. The van der Waals surface area contributed by atoms with Gasteiger partial charge < -0.3 is 9.15 Å². The Morgan fingerprint density at radius 2 is 1.94 bits per heavy atom. The van der Waals surface area contributed by atoms with Crippen molar-refractivity contribution in [3.05, 3.63) is 47.7 Å². The summed E-state index contributed by atoms with van der Waals surface area (Å²) < 4.78 is 10.4. The number of ether oxygens (including phenoxy) is 1. The molecule has 3 aromatic rings. The highest BCUT2D eigenvalue weighted by Gasteiger charge is 2.16. The Morgan fingerprint density at radius 3 is 2.72 bits per heavy atom. The van der Waals surface area contributed by atoms with E-state index in [0.29, 0.717) is 11.1 Å². The van der Waals surface area contributed by atoms with E-state index >= 15 is 0 Å². The average Bonchev–Trinajstić information content (AvgIpc) is 2.78. The van der Waals surface area contributed by atoms with Crippen molar-refractivity contribution in [1.29, 1.82) is 0 Å². The fourth-order valence-electron chi connectivity index (χ4n) is 2.27. The van der Waals surface area contributed by atoms with Crippen LogP contribution in [0, 0.1) is 6.92 Å². The standard InChI is InChI=1S/C15H12O3/c1-9-7-12-11-6-4-3-5-10(11)8-13(14(12)18-9)15(16)17-2/h3-8H,1-2H3. The molecule has 0 bridgehead atoms. The molecule has 0 radical (unpaired) electrons. The van der Waals surface area contributed by atoms with E-state index in [0.717, 1.165) is 21.9 Å². The van der Waals surface area contributed by atoms with Crippen LogP contribution >= 0.6 is 0 Å². The summed E-state index contributed by atoms with van der Waals surface area (Å²) in [5, 5.41) is 3.04. The number of fused-ring (bicyclic) bond motifs is 3. The minimum atomic E-state index is -0.375. The Hall–Kier alpha value is -2.29. The molecule has 3 heteroatoms. The molecule has 90 valence electrons. The van der Waals surface area contributed by atoms with Crippen LogP contribution in [0.5, 0.6) is 0 Å². The minimum absolute atomic E-state index is 0.375. The van der Waals surface area contributed by atoms with Crippen LogP contribution in [0.1, 0.15) is 16.1 Å². The summed E-state index contributed by atoms with van der Waals surface area (Å²) in [7, 11) is 1.37. The van der Waals surface area contributed by atoms with Gasteiger partial charge in [0.25, 0.3) is 0 Å². The molecule has 0 atom stereocenters. The van der Waals surface area contributed by atoms with Gasteiger partial charge in [-0.15, -0.1) is 0 Å². The summed E-state index contributed by atoms with van der Waals surface area (Å²) >= 11 is 0. The maximum absolute atomic E-state index is 11.8. The van der Waals surface area contributed by atoms with E-state index in [1.165, 1.54) is 7.11 Å². The van der Waals surface area contributed by atoms with Crippen LogP contribution < -0.4 is 0 Å². The Kier molecular flexibility index (Phi) is 2.33. The first kappa shape index (κ1) is 10.8. The van der Waals surface area contributed by atoms with Gasteiger partial charge in [-0.3, -0.25) is 0 Å². The molecule has 1 heterocycles. The van der Waals surface area contributed by atoms with Gasteiger partial charge in [-0.1, -0.05) is 24.3 Å². The van der Waals surface area contributed by atoms with Crippen molar-refractivity contribution in [3.8, 4) is 0 Å². The van der Waals surface area contributed by atoms with Crippen molar-refractivity contribution in [2.45, 2.75) is 6.92 Å². The number of furan rings is 1. The van der Waals surface area contributed by atoms with Crippen LogP contribution in [-0.2, 0) is 4.74 Å². The first-order chi connectivity index (χ1) is 8.70. The minimum Gasteiger partial charge on any atom is -0.465 e. The number of aryl methyl sites for hydroxylation is 1. The van der Waals surface area contributed by atoms with Crippen LogP contribution in [0.2, 0.25) is 0 Å². The quantitative estimate of drug-likeness (QED) is 0.609. The Morgan fingerprint density at radius 1 is 1.17 bits per heavy atom. The third-order valence-electron chi connectivity index (χ3n) is 3.06. The van der Waals surface area contributed by atoms with Gasteiger partial charge in [-0.05, 0) is 29.8 Å². The molecule has 0 aliphatic rings. The van der Waals surface area contributed by atoms with Gasteiger partial charge in [0.15, 0.2) is 0 Å². The molecule has 0 amide bonds. The topological polar surface area (TPSA) is 39.4 Å². The number of esters is 1. The Labute approximate surface area is 104 Å². The lowest BCUT2D eigenvalue weighted by Gasteiger charge is -2.04. The molecule has 1 aromatic heterocycles. The fraction of sp³-hybridized carbons (Fsp3) is 0.133. The number of rotatable bonds is 1. The van der Waals surface area contributed by atoms with Gasteiger partial charge in [-0.25, -0.2) is 4.79 Å². The lowest BCUT2D eigenvalue weighted by molar-refractivity contribution is 0.0602. The maximum Gasteiger partial charge on any atom is 0.341 e. The first-order valence-electron chi connectivity index (χ1n) is 5.71. The summed E-state index contributed by atoms with van der Waals surface area (Å²) in [6, 6.07) is 11.7. The van der Waals surface area contributed by atoms with Gasteiger partial charge in [0.1, 0.15) is 16.9 Å². The van der Waals surface area contributed by atoms with Crippen molar-refractivity contribution in [2.75, 3.05) is 7.11 Å². The molecule has 0 saturated carbocycles. The SMILES string of the molecule is COC(=O)c1cc2ccccc2c2cc(C)oc12. The molecule has 0 spiro atoms. The molecule has 0 fully saturated rings. The summed E-state index contributed by atoms with van der Waals surface area (Å²) in [4.78, 5) is 11.8. The molecule has 3 rings (SSSR count). The smallest absolute Gasteiger partial charge is 0.341 e. The number of hydrogen-bond acceptors (Lipinski definition) is 3. The van der Waals surface area contributed by atoms with Crippen LogP contribution in [0.25, 0.3) is 21.7 Å². The maximum atomic E-state index is 11.8. The lowest BCUT2D eigenvalue weighted by atomic mass is 10.0. The zero-order valence-corrected chi connectivity index (χ0v) is 10.2. The van der Waals surface area contributed by atoms with E-state index in [9.17, 15) is 4.79 Å². The van der Waals surface area contributed by atoms with Crippen molar-refractivity contribution >= 4 is 27.7 Å². The van der Waals surface area contributed by atoms with Gasteiger partial charge in [-0.2, -0.15) is 0 Å². The molecule has 0 aliphatic heterocycles. The Balaban J connectivity index is 2.50. The van der Waals surface area contributed by atoms with E-state index in [1.807, 2.05) is 43.3 Å². The number of hydrogen-bond donors (Lipinski definition) is 0. The third-order valence-corrected chi connectivity index (χ3v) is 3.06. The molecule has 0 unspecified atom stereocenters. The van der Waals surface area contributed by atoms with E-state index < -0.39 is 0 Å². The van der Waals surface area contributed by atoms with Gasteiger partial charge >= 0.3 is 5.97 Å². The van der Waals surface area contributed by atoms with Gasteiger partial charge in [0, 0.05) is 5.39 Å². The van der Waals surface area contributed by atoms with Crippen LogP contribution in [0.15, 0.2) is 40.8 Å². The van der Waals surface area contributed by atoms with E-state index in [2.05, 4.69) is 0 Å². The van der Waals surface area contributed by atoms with E-state index in [4.69, 9.17) is 9.15 Å². The summed E-state index contributed by atoms with van der Waals surface area (Å²) in [5.41, 5.74) is 1.07. The van der Waals surface area contributed by atoms with Gasteiger partial charge in [0.05, 0.1) is 7.11 Å².